The minimum atomic E-state index is 0.0228. The van der Waals surface area contributed by atoms with Gasteiger partial charge in [-0.15, -0.1) is 0 Å². The van der Waals surface area contributed by atoms with Crippen LogP contribution in [-0.4, -0.2) is 15.5 Å². The van der Waals surface area contributed by atoms with Crippen molar-refractivity contribution in [2.24, 2.45) is 11.7 Å². The van der Waals surface area contributed by atoms with E-state index in [1.807, 2.05) is 30.3 Å². The van der Waals surface area contributed by atoms with Crippen molar-refractivity contribution in [2.75, 3.05) is 5.32 Å². The fourth-order valence-corrected chi connectivity index (χ4v) is 2.77. The second-order valence-corrected chi connectivity index (χ2v) is 6.50. The van der Waals surface area contributed by atoms with Crippen molar-refractivity contribution in [3.63, 3.8) is 0 Å². The van der Waals surface area contributed by atoms with Crippen LogP contribution in [0.15, 0.2) is 30.3 Å². The van der Waals surface area contributed by atoms with Gasteiger partial charge in [0.15, 0.2) is 0 Å². The molecule has 20 heavy (non-hydrogen) atoms. The number of nitrogens with zero attached hydrogens (tertiary/aromatic N) is 1. The smallest absolute Gasteiger partial charge is 0.137 e. The lowest BCUT2D eigenvalue weighted by Crippen LogP contribution is -2.34. The van der Waals surface area contributed by atoms with Crippen molar-refractivity contribution in [3.8, 4) is 0 Å². The van der Waals surface area contributed by atoms with Gasteiger partial charge in [0.25, 0.3) is 0 Å². The van der Waals surface area contributed by atoms with E-state index in [0.717, 1.165) is 22.3 Å². The van der Waals surface area contributed by atoms with Gasteiger partial charge >= 0.3 is 0 Å². The van der Waals surface area contributed by atoms with Crippen molar-refractivity contribution in [3.05, 3.63) is 35.9 Å². The maximum atomic E-state index is 5.87. The Morgan fingerprint density at radius 3 is 2.70 bits per heavy atom. The van der Waals surface area contributed by atoms with Crippen LogP contribution < -0.4 is 11.1 Å². The zero-order chi connectivity index (χ0) is 14.3. The van der Waals surface area contributed by atoms with Crippen LogP contribution in [0, 0.1) is 5.92 Å². The van der Waals surface area contributed by atoms with Crippen molar-refractivity contribution < 1.29 is 0 Å². The van der Waals surface area contributed by atoms with E-state index >= 15 is 0 Å². The second kappa shape index (κ2) is 4.70. The first kappa shape index (κ1) is 13.3. The number of thiocarbonyl (C=S) groups is 1. The molecule has 0 aliphatic heterocycles. The number of aromatic nitrogens is 1. The molecule has 0 atom stereocenters. The molecule has 1 heterocycles. The summed E-state index contributed by atoms with van der Waals surface area (Å²) in [6.07, 6.45) is 2.55. The molecule has 0 spiro atoms. The van der Waals surface area contributed by atoms with Gasteiger partial charge in [0.05, 0.1) is 11.1 Å². The van der Waals surface area contributed by atoms with E-state index in [-0.39, 0.29) is 5.54 Å². The van der Waals surface area contributed by atoms with Gasteiger partial charge in [-0.3, -0.25) is 0 Å². The van der Waals surface area contributed by atoms with E-state index in [1.54, 1.807) is 0 Å². The second-order valence-electron chi connectivity index (χ2n) is 6.06. The van der Waals surface area contributed by atoms with E-state index < -0.39 is 0 Å². The molecule has 2 aromatic rings. The van der Waals surface area contributed by atoms with E-state index in [1.165, 1.54) is 12.8 Å². The molecule has 0 amide bonds. The van der Waals surface area contributed by atoms with E-state index in [4.69, 9.17) is 22.9 Å². The highest BCUT2D eigenvalue weighted by molar-refractivity contribution is 7.80. The van der Waals surface area contributed by atoms with Crippen molar-refractivity contribution >= 4 is 33.9 Å². The Bertz CT molecular complexity index is 674. The van der Waals surface area contributed by atoms with Gasteiger partial charge in [-0.2, -0.15) is 0 Å². The molecular formula is C16H19N3S. The monoisotopic (exact) mass is 285 g/mol. The zero-order valence-corrected chi connectivity index (χ0v) is 12.6. The standard InChI is InChI=1S/C16H19N3S/c1-16(2,11-7-8-11)19-15-12(14(17)20)9-10-5-3-4-6-13(10)18-15/h3-6,9,11H,7-8H2,1-2H3,(H2,17,20)(H,18,19). The summed E-state index contributed by atoms with van der Waals surface area (Å²) in [4.78, 5) is 5.10. The lowest BCUT2D eigenvalue weighted by molar-refractivity contribution is 0.493. The molecule has 0 unspecified atom stereocenters. The van der Waals surface area contributed by atoms with Crippen LogP contribution in [-0.2, 0) is 0 Å². The average Bonchev–Trinajstić information content (AvgIpc) is 3.21. The third-order valence-electron chi connectivity index (χ3n) is 4.03. The molecule has 0 radical (unpaired) electrons. The fraction of sp³-hybridized carbons (Fsp3) is 0.375. The lowest BCUT2D eigenvalue weighted by atomic mass is 9.98. The summed E-state index contributed by atoms with van der Waals surface area (Å²) in [6.45, 7) is 4.43. The highest BCUT2D eigenvalue weighted by atomic mass is 32.1. The van der Waals surface area contributed by atoms with Gasteiger partial charge in [-0.1, -0.05) is 30.4 Å². The molecule has 3 rings (SSSR count). The first-order valence-corrected chi connectivity index (χ1v) is 7.36. The van der Waals surface area contributed by atoms with Crippen molar-refractivity contribution in [2.45, 2.75) is 32.2 Å². The largest absolute Gasteiger partial charge is 0.389 e. The number of fused-ring (bicyclic) bond motifs is 1. The van der Waals surface area contributed by atoms with Crippen LogP contribution >= 0.6 is 12.2 Å². The van der Waals surface area contributed by atoms with Gasteiger partial charge < -0.3 is 11.1 Å². The summed E-state index contributed by atoms with van der Waals surface area (Å²) in [6, 6.07) is 10.0. The number of benzene rings is 1. The number of nitrogens with two attached hydrogens (primary N) is 1. The number of hydrogen-bond acceptors (Lipinski definition) is 3. The first-order valence-electron chi connectivity index (χ1n) is 6.95. The van der Waals surface area contributed by atoms with Crippen LogP contribution in [0.2, 0.25) is 0 Å². The Labute approximate surface area is 124 Å². The summed E-state index contributed by atoms with van der Waals surface area (Å²) < 4.78 is 0. The van der Waals surface area contributed by atoms with Crippen molar-refractivity contribution in [1.29, 1.82) is 0 Å². The quantitative estimate of drug-likeness (QED) is 0.845. The number of hydrogen-bond donors (Lipinski definition) is 2. The van der Waals surface area contributed by atoms with Crippen LogP contribution in [0.25, 0.3) is 10.9 Å². The Morgan fingerprint density at radius 2 is 2.05 bits per heavy atom. The first-order chi connectivity index (χ1) is 9.47. The van der Waals surface area contributed by atoms with Gasteiger partial charge in [0.1, 0.15) is 10.8 Å². The molecule has 104 valence electrons. The number of pyridine rings is 1. The minimum absolute atomic E-state index is 0.0228. The molecule has 0 bridgehead atoms. The van der Waals surface area contributed by atoms with Crippen molar-refractivity contribution in [1.82, 2.24) is 4.98 Å². The number of nitrogens with one attached hydrogen (secondary N) is 1. The topological polar surface area (TPSA) is 50.9 Å². The molecule has 1 saturated carbocycles. The summed E-state index contributed by atoms with van der Waals surface area (Å²) in [5, 5.41) is 4.60. The number of anilines is 1. The maximum absolute atomic E-state index is 5.87. The van der Waals surface area contributed by atoms with E-state index in [2.05, 4.69) is 19.2 Å². The third-order valence-corrected chi connectivity index (χ3v) is 4.25. The molecule has 1 aliphatic carbocycles. The summed E-state index contributed by atoms with van der Waals surface area (Å²) in [5.41, 5.74) is 7.68. The average molecular weight is 285 g/mol. The normalized spacial score (nSPS) is 15.3. The summed E-state index contributed by atoms with van der Waals surface area (Å²) in [5.74, 6) is 1.50. The summed E-state index contributed by atoms with van der Waals surface area (Å²) >= 11 is 5.18. The molecule has 3 nitrogen and oxygen atoms in total. The van der Waals surface area contributed by atoms with Crippen LogP contribution in [0.4, 0.5) is 5.82 Å². The minimum Gasteiger partial charge on any atom is -0.389 e. The SMILES string of the molecule is CC(C)(Nc1nc2ccccc2cc1C(N)=S)C1CC1. The van der Waals surface area contributed by atoms with Gasteiger partial charge in [-0.05, 0) is 44.7 Å². The summed E-state index contributed by atoms with van der Waals surface area (Å²) in [7, 11) is 0. The predicted octanol–water partition coefficient (Wildman–Crippen LogP) is 3.47. The predicted molar refractivity (Wildman–Crippen MR) is 88.1 cm³/mol. The molecule has 1 aliphatic rings. The number of rotatable bonds is 4. The van der Waals surface area contributed by atoms with Crippen LogP contribution in [0.3, 0.4) is 0 Å². The molecule has 1 fully saturated rings. The van der Waals surface area contributed by atoms with Crippen LogP contribution in [0.1, 0.15) is 32.3 Å². The molecule has 1 aromatic carbocycles. The molecule has 1 aromatic heterocycles. The van der Waals surface area contributed by atoms with Gasteiger partial charge in [-0.25, -0.2) is 4.98 Å². The fourth-order valence-electron chi connectivity index (χ4n) is 2.61. The lowest BCUT2D eigenvalue weighted by Gasteiger charge is -2.28. The highest BCUT2D eigenvalue weighted by Crippen LogP contribution is 2.41. The van der Waals surface area contributed by atoms with Crippen LogP contribution in [0.5, 0.6) is 0 Å². The Kier molecular flexibility index (Phi) is 3.13. The van der Waals surface area contributed by atoms with E-state index in [0.29, 0.717) is 10.9 Å². The van der Waals surface area contributed by atoms with Gasteiger partial charge in [0, 0.05) is 10.9 Å². The molecule has 0 saturated heterocycles. The molecule has 3 N–H and O–H groups in total. The van der Waals surface area contributed by atoms with Gasteiger partial charge in [0.2, 0.25) is 0 Å². The Hall–Kier alpha value is -1.68. The number of para-hydroxylation sites is 1. The zero-order valence-electron chi connectivity index (χ0n) is 11.8. The maximum Gasteiger partial charge on any atom is 0.137 e. The highest BCUT2D eigenvalue weighted by Gasteiger charge is 2.38. The van der Waals surface area contributed by atoms with E-state index in [9.17, 15) is 0 Å². The molecule has 4 heteroatoms. The molecular weight excluding hydrogens is 266 g/mol. The Morgan fingerprint density at radius 1 is 1.35 bits per heavy atom. The Balaban J connectivity index is 2.07. The third kappa shape index (κ3) is 2.48.